The van der Waals surface area contributed by atoms with Crippen LogP contribution in [0.1, 0.15) is 24.5 Å². The molecule has 0 fully saturated rings. The third-order valence-electron chi connectivity index (χ3n) is 5.60. The van der Waals surface area contributed by atoms with Crippen LogP contribution in [0.3, 0.4) is 0 Å². The Bertz CT molecular complexity index is 1220. The number of hydrogen-bond acceptors (Lipinski definition) is 4. The van der Waals surface area contributed by atoms with E-state index in [9.17, 15) is 0 Å². The highest BCUT2D eigenvalue weighted by molar-refractivity contribution is 9.10. The van der Waals surface area contributed by atoms with E-state index in [-0.39, 0.29) is 0 Å². The topological polar surface area (TPSA) is 62.6 Å². The predicted octanol–water partition coefficient (Wildman–Crippen LogP) is 4.46. The summed E-state index contributed by atoms with van der Waals surface area (Å²) in [5.74, 6) is 0.937. The molecule has 4 aromatic rings. The summed E-state index contributed by atoms with van der Waals surface area (Å²) >= 11 is 3.56. The summed E-state index contributed by atoms with van der Waals surface area (Å²) in [6.07, 6.45) is 8.12. The third-order valence-corrected chi connectivity index (χ3v) is 6.15. The van der Waals surface area contributed by atoms with Crippen LogP contribution in [0.15, 0.2) is 41.4 Å². The van der Waals surface area contributed by atoms with Gasteiger partial charge in [-0.05, 0) is 39.9 Å². The molecule has 1 aliphatic heterocycles. The summed E-state index contributed by atoms with van der Waals surface area (Å²) < 4.78 is 2.58. The molecule has 0 unspecified atom stereocenters. The van der Waals surface area contributed by atoms with Gasteiger partial charge in [0.05, 0.1) is 5.39 Å². The van der Waals surface area contributed by atoms with Crippen molar-refractivity contribution < 1.29 is 0 Å². The summed E-state index contributed by atoms with van der Waals surface area (Å²) in [5.41, 5.74) is 6.19. The van der Waals surface area contributed by atoms with E-state index in [1.54, 1.807) is 11.0 Å². The van der Waals surface area contributed by atoms with Crippen molar-refractivity contribution in [3.05, 3.63) is 52.5 Å². The van der Waals surface area contributed by atoms with Gasteiger partial charge in [0, 0.05) is 42.8 Å². The Hall–Kier alpha value is -2.67. The average molecular weight is 437 g/mol. The van der Waals surface area contributed by atoms with Gasteiger partial charge in [-0.1, -0.05) is 31.2 Å². The molecule has 7 heteroatoms. The fourth-order valence-corrected chi connectivity index (χ4v) is 4.74. The second kappa shape index (κ2) is 6.74. The third kappa shape index (κ3) is 2.64. The van der Waals surface area contributed by atoms with Gasteiger partial charge >= 0.3 is 0 Å². The lowest BCUT2D eigenvalue weighted by molar-refractivity contribution is 0.777. The summed E-state index contributed by atoms with van der Waals surface area (Å²) in [6, 6.07) is 6.58. The van der Waals surface area contributed by atoms with Gasteiger partial charge in [0.25, 0.3) is 0 Å². The van der Waals surface area contributed by atoms with Crippen molar-refractivity contribution in [3.8, 4) is 0 Å². The van der Waals surface area contributed by atoms with Crippen molar-refractivity contribution in [2.24, 2.45) is 7.05 Å². The molecular weight excluding hydrogens is 416 g/mol. The van der Waals surface area contributed by atoms with Crippen LogP contribution in [-0.2, 0) is 13.5 Å². The van der Waals surface area contributed by atoms with Crippen molar-refractivity contribution in [1.82, 2.24) is 24.7 Å². The van der Waals surface area contributed by atoms with Crippen LogP contribution < -0.4 is 4.90 Å². The number of aromatic amines is 1. The first-order chi connectivity index (χ1) is 13.7. The number of anilines is 1. The van der Waals surface area contributed by atoms with Crippen molar-refractivity contribution in [2.45, 2.75) is 19.8 Å². The molecule has 3 aromatic heterocycles. The van der Waals surface area contributed by atoms with Crippen LogP contribution in [-0.4, -0.2) is 37.8 Å². The monoisotopic (exact) mass is 436 g/mol. The first kappa shape index (κ1) is 17.4. The van der Waals surface area contributed by atoms with E-state index in [4.69, 9.17) is 0 Å². The van der Waals surface area contributed by atoms with Gasteiger partial charge in [0.2, 0.25) is 0 Å². The highest BCUT2D eigenvalue weighted by atomic mass is 79.9. The van der Waals surface area contributed by atoms with Crippen molar-refractivity contribution in [3.63, 3.8) is 0 Å². The number of nitrogens with zero attached hydrogens (tertiary/aromatic N) is 5. The lowest BCUT2D eigenvalue weighted by Crippen LogP contribution is -2.29. The summed E-state index contributed by atoms with van der Waals surface area (Å²) in [5, 5.41) is 6.73. The SMILES string of the molecule is CCc1cccc2c(C3=CCN(c4ncnc5c4c(Br)nn5C)CC3)c[nH]c12. The van der Waals surface area contributed by atoms with Crippen LogP contribution in [0.2, 0.25) is 0 Å². The van der Waals surface area contributed by atoms with Gasteiger partial charge in [-0.2, -0.15) is 5.10 Å². The fourth-order valence-electron chi connectivity index (χ4n) is 4.15. The second-order valence-electron chi connectivity index (χ2n) is 7.13. The van der Waals surface area contributed by atoms with E-state index in [1.807, 2.05) is 7.05 Å². The second-order valence-corrected chi connectivity index (χ2v) is 7.88. The molecule has 0 amide bonds. The van der Waals surface area contributed by atoms with Gasteiger partial charge in [-0.3, -0.25) is 0 Å². The van der Waals surface area contributed by atoms with Gasteiger partial charge in [0.15, 0.2) is 5.65 Å². The number of fused-ring (bicyclic) bond motifs is 2. The van der Waals surface area contributed by atoms with Crippen LogP contribution in [0.25, 0.3) is 27.5 Å². The summed E-state index contributed by atoms with van der Waals surface area (Å²) in [4.78, 5) is 14.7. The minimum Gasteiger partial charge on any atom is -0.360 e. The number of H-pyrrole nitrogens is 1. The predicted molar refractivity (Wildman–Crippen MR) is 116 cm³/mol. The Morgan fingerprint density at radius 1 is 1.25 bits per heavy atom. The quantitative estimate of drug-likeness (QED) is 0.514. The smallest absolute Gasteiger partial charge is 0.164 e. The zero-order valence-corrected chi connectivity index (χ0v) is 17.5. The lowest BCUT2D eigenvalue weighted by atomic mass is 9.97. The van der Waals surface area contributed by atoms with Crippen molar-refractivity contribution >= 4 is 49.3 Å². The van der Waals surface area contributed by atoms with E-state index in [1.165, 1.54) is 27.6 Å². The van der Waals surface area contributed by atoms with Crippen molar-refractivity contribution in [2.75, 3.05) is 18.0 Å². The van der Waals surface area contributed by atoms with Crippen LogP contribution >= 0.6 is 15.9 Å². The van der Waals surface area contributed by atoms with E-state index in [2.05, 4.69) is 78.3 Å². The van der Waals surface area contributed by atoms with Crippen LogP contribution in [0.5, 0.6) is 0 Å². The molecule has 0 saturated carbocycles. The maximum absolute atomic E-state index is 4.56. The molecule has 1 N–H and O–H groups in total. The van der Waals surface area contributed by atoms with Gasteiger partial charge in [-0.15, -0.1) is 0 Å². The molecule has 0 radical (unpaired) electrons. The zero-order chi connectivity index (χ0) is 19.3. The Morgan fingerprint density at radius 2 is 2.14 bits per heavy atom. The number of benzene rings is 1. The minimum absolute atomic E-state index is 0.791. The van der Waals surface area contributed by atoms with Crippen LogP contribution in [0.4, 0.5) is 5.82 Å². The Labute approximate surface area is 171 Å². The number of aryl methyl sites for hydroxylation is 2. The molecule has 0 saturated heterocycles. The van der Waals surface area contributed by atoms with E-state index in [0.29, 0.717) is 0 Å². The summed E-state index contributed by atoms with van der Waals surface area (Å²) in [7, 11) is 1.90. The highest BCUT2D eigenvalue weighted by Crippen LogP contribution is 2.34. The average Bonchev–Trinajstić information content (AvgIpc) is 3.29. The fraction of sp³-hybridized carbons (Fsp3) is 0.286. The molecule has 5 rings (SSSR count). The molecule has 0 atom stereocenters. The largest absolute Gasteiger partial charge is 0.360 e. The Kier molecular flexibility index (Phi) is 4.19. The van der Waals surface area contributed by atoms with Gasteiger partial charge in [-0.25, -0.2) is 14.6 Å². The molecule has 0 spiro atoms. The molecule has 1 aliphatic rings. The normalized spacial score (nSPS) is 14.8. The van der Waals surface area contributed by atoms with Crippen LogP contribution in [0, 0.1) is 0 Å². The molecule has 6 nitrogen and oxygen atoms in total. The first-order valence-corrected chi connectivity index (χ1v) is 10.3. The van der Waals surface area contributed by atoms with E-state index >= 15 is 0 Å². The molecular formula is C21H21BrN6. The lowest BCUT2D eigenvalue weighted by Gasteiger charge is -2.27. The molecule has 4 heterocycles. The standard InChI is InChI=1S/C21H21BrN6/c1-3-13-5-4-6-15-16(11-23-18(13)15)14-7-9-28(10-8-14)21-17-19(22)26-27(2)20(17)24-12-25-21/h4-7,11-12,23H,3,8-10H2,1-2H3. The van der Waals surface area contributed by atoms with E-state index in [0.717, 1.165) is 47.4 Å². The Morgan fingerprint density at radius 3 is 2.93 bits per heavy atom. The number of halogens is 1. The summed E-state index contributed by atoms with van der Waals surface area (Å²) in [6.45, 7) is 3.94. The molecule has 1 aromatic carbocycles. The Balaban J connectivity index is 1.50. The maximum atomic E-state index is 4.56. The van der Waals surface area contributed by atoms with E-state index < -0.39 is 0 Å². The molecule has 28 heavy (non-hydrogen) atoms. The highest BCUT2D eigenvalue weighted by Gasteiger charge is 2.21. The molecule has 0 bridgehead atoms. The number of aromatic nitrogens is 5. The van der Waals surface area contributed by atoms with Gasteiger partial charge in [0.1, 0.15) is 16.7 Å². The van der Waals surface area contributed by atoms with Crippen molar-refractivity contribution in [1.29, 1.82) is 0 Å². The zero-order valence-electron chi connectivity index (χ0n) is 15.9. The number of rotatable bonds is 3. The minimum atomic E-state index is 0.791. The molecule has 0 aliphatic carbocycles. The number of nitrogens with one attached hydrogen (secondary N) is 1. The number of para-hydroxylation sites is 1. The number of hydrogen-bond donors (Lipinski definition) is 1. The first-order valence-electron chi connectivity index (χ1n) is 9.54. The maximum Gasteiger partial charge on any atom is 0.164 e. The molecule has 142 valence electrons. The van der Waals surface area contributed by atoms with Gasteiger partial charge < -0.3 is 9.88 Å².